The molecule has 3 rings (SSSR count). The van der Waals surface area contributed by atoms with Gasteiger partial charge in [0.05, 0.1) is 39.2 Å². The second kappa shape index (κ2) is 10.2. The zero-order valence-electron chi connectivity index (χ0n) is 18.2. The SMILES string of the molecule is CCOc1ccc(-c2nc(COC(=O)c3cc(OC)c(C)c(OC)c3)cs2)cc1OC. The molecule has 0 saturated heterocycles. The summed E-state index contributed by atoms with van der Waals surface area (Å²) in [7, 11) is 4.69. The maximum absolute atomic E-state index is 12.5. The number of aromatic nitrogens is 1. The molecule has 0 saturated carbocycles. The second-order valence-corrected chi connectivity index (χ2v) is 7.38. The molecule has 0 aliphatic heterocycles. The summed E-state index contributed by atoms with van der Waals surface area (Å²) in [5, 5.41) is 2.66. The molecule has 2 aromatic carbocycles. The topological polar surface area (TPSA) is 76.1 Å². The van der Waals surface area contributed by atoms with Crippen LogP contribution in [0.2, 0.25) is 0 Å². The molecule has 0 atom stereocenters. The van der Waals surface area contributed by atoms with Crippen LogP contribution in [-0.4, -0.2) is 38.9 Å². The van der Waals surface area contributed by atoms with Crippen LogP contribution in [0.1, 0.15) is 28.5 Å². The molecular weight excluding hydrogens is 418 g/mol. The maximum Gasteiger partial charge on any atom is 0.338 e. The van der Waals surface area contributed by atoms with Gasteiger partial charge in [0, 0.05) is 16.5 Å². The van der Waals surface area contributed by atoms with E-state index in [1.807, 2.05) is 37.4 Å². The van der Waals surface area contributed by atoms with Gasteiger partial charge in [-0.25, -0.2) is 9.78 Å². The van der Waals surface area contributed by atoms with Crippen LogP contribution in [0.25, 0.3) is 10.6 Å². The van der Waals surface area contributed by atoms with Gasteiger partial charge in [0.15, 0.2) is 11.5 Å². The van der Waals surface area contributed by atoms with E-state index < -0.39 is 5.97 Å². The Morgan fingerprint density at radius 3 is 2.26 bits per heavy atom. The first-order valence-electron chi connectivity index (χ1n) is 9.66. The lowest BCUT2D eigenvalue weighted by Crippen LogP contribution is -2.07. The van der Waals surface area contributed by atoms with E-state index >= 15 is 0 Å². The Labute approximate surface area is 185 Å². The van der Waals surface area contributed by atoms with Crippen molar-refractivity contribution in [3.05, 3.63) is 52.5 Å². The van der Waals surface area contributed by atoms with Crippen molar-refractivity contribution in [2.45, 2.75) is 20.5 Å². The maximum atomic E-state index is 12.5. The zero-order valence-corrected chi connectivity index (χ0v) is 19.0. The molecule has 0 radical (unpaired) electrons. The fourth-order valence-electron chi connectivity index (χ4n) is 3.01. The summed E-state index contributed by atoms with van der Waals surface area (Å²) in [6.45, 7) is 4.40. The quantitative estimate of drug-likeness (QED) is 0.435. The van der Waals surface area contributed by atoms with Gasteiger partial charge in [-0.15, -0.1) is 11.3 Å². The largest absolute Gasteiger partial charge is 0.496 e. The predicted octanol–water partition coefficient (Wildman–Crippen LogP) is 4.90. The number of ether oxygens (including phenoxy) is 5. The van der Waals surface area contributed by atoms with Gasteiger partial charge >= 0.3 is 5.97 Å². The van der Waals surface area contributed by atoms with Gasteiger partial charge in [-0.2, -0.15) is 0 Å². The van der Waals surface area contributed by atoms with Gasteiger partial charge in [-0.3, -0.25) is 0 Å². The highest BCUT2D eigenvalue weighted by atomic mass is 32.1. The highest BCUT2D eigenvalue weighted by Gasteiger charge is 2.16. The smallest absolute Gasteiger partial charge is 0.338 e. The lowest BCUT2D eigenvalue weighted by atomic mass is 10.1. The zero-order chi connectivity index (χ0) is 22.4. The Bertz CT molecular complexity index is 1040. The molecule has 7 nitrogen and oxygen atoms in total. The van der Waals surface area contributed by atoms with E-state index in [0.29, 0.717) is 40.9 Å². The minimum atomic E-state index is -0.478. The monoisotopic (exact) mass is 443 g/mol. The van der Waals surface area contributed by atoms with E-state index in [-0.39, 0.29) is 6.61 Å². The molecule has 1 heterocycles. The van der Waals surface area contributed by atoms with Gasteiger partial charge in [0.25, 0.3) is 0 Å². The summed E-state index contributed by atoms with van der Waals surface area (Å²) in [6, 6.07) is 8.94. The molecule has 0 N–H and O–H groups in total. The minimum Gasteiger partial charge on any atom is -0.496 e. The van der Waals surface area contributed by atoms with Gasteiger partial charge in [-0.05, 0) is 44.2 Å². The van der Waals surface area contributed by atoms with Crippen molar-refractivity contribution in [1.29, 1.82) is 0 Å². The van der Waals surface area contributed by atoms with Crippen molar-refractivity contribution in [3.63, 3.8) is 0 Å². The molecule has 0 spiro atoms. The Balaban J connectivity index is 1.71. The molecule has 3 aromatic rings. The van der Waals surface area contributed by atoms with Crippen molar-refractivity contribution in [2.24, 2.45) is 0 Å². The van der Waals surface area contributed by atoms with Crippen LogP contribution in [0.15, 0.2) is 35.7 Å². The van der Waals surface area contributed by atoms with Crippen molar-refractivity contribution in [3.8, 4) is 33.6 Å². The average molecular weight is 444 g/mol. The lowest BCUT2D eigenvalue weighted by Gasteiger charge is -2.12. The number of carbonyl (C=O) groups excluding carboxylic acids is 1. The summed E-state index contributed by atoms with van der Waals surface area (Å²) in [4.78, 5) is 17.1. The average Bonchev–Trinajstić information content (AvgIpc) is 3.27. The third-order valence-corrected chi connectivity index (χ3v) is 5.54. The van der Waals surface area contributed by atoms with E-state index in [9.17, 15) is 4.79 Å². The molecule has 0 fully saturated rings. The van der Waals surface area contributed by atoms with E-state index in [2.05, 4.69) is 4.98 Å². The Morgan fingerprint density at radius 1 is 0.968 bits per heavy atom. The fraction of sp³-hybridized carbons (Fsp3) is 0.304. The van der Waals surface area contributed by atoms with Gasteiger partial charge in [0.1, 0.15) is 23.1 Å². The molecule has 0 unspecified atom stereocenters. The van der Waals surface area contributed by atoms with Crippen LogP contribution < -0.4 is 18.9 Å². The normalized spacial score (nSPS) is 10.5. The summed E-state index contributed by atoms with van der Waals surface area (Å²) in [5.41, 5.74) is 2.73. The molecule has 1 aromatic heterocycles. The number of esters is 1. The Hall–Kier alpha value is -3.26. The summed E-state index contributed by atoms with van der Waals surface area (Å²) in [5.74, 6) is 1.97. The standard InChI is InChI=1S/C23H25NO6S/c1-6-29-18-8-7-15(9-21(18)28-5)22-24-17(13-31-22)12-30-23(25)16-10-19(26-3)14(2)20(11-16)27-4/h7-11,13H,6,12H2,1-5H3. The highest BCUT2D eigenvalue weighted by Crippen LogP contribution is 2.34. The van der Waals surface area contributed by atoms with Crippen LogP contribution in [0.3, 0.4) is 0 Å². The summed E-state index contributed by atoms with van der Waals surface area (Å²) in [6.07, 6.45) is 0. The van der Waals surface area contributed by atoms with E-state index in [0.717, 1.165) is 16.1 Å². The van der Waals surface area contributed by atoms with Crippen LogP contribution >= 0.6 is 11.3 Å². The van der Waals surface area contributed by atoms with E-state index in [1.165, 1.54) is 11.3 Å². The molecule has 164 valence electrons. The Kier molecular flexibility index (Phi) is 7.36. The molecule has 0 amide bonds. The Morgan fingerprint density at radius 2 is 1.65 bits per heavy atom. The third-order valence-electron chi connectivity index (χ3n) is 4.60. The van der Waals surface area contributed by atoms with Crippen LogP contribution in [0.4, 0.5) is 0 Å². The predicted molar refractivity (Wildman–Crippen MR) is 119 cm³/mol. The number of methoxy groups -OCH3 is 3. The van der Waals surface area contributed by atoms with Crippen molar-refractivity contribution < 1.29 is 28.5 Å². The van der Waals surface area contributed by atoms with Crippen LogP contribution in [0, 0.1) is 6.92 Å². The number of benzene rings is 2. The number of carbonyl (C=O) groups is 1. The number of rotatable bonds is 9. The molecule has 0 aliphatic carbocycles. The second-order valence-electron chi connectivity index (χ2n) is 6.52. The third kappa shape index (κ3) is 5.08. The minimum absolute atomic E-state index is 0.0575. The van der Waals surface area contributed by atoms with Gasteiger partial charge in [-0.1, -0.05) is 0 Å². The lowest BCUT2D eigenvalue weighted by molar-refractivity contribution is 0.0467. The van der Waals surface area contributed by atoms with Crippen LogP contribution in [-0.2, 0) is 11.3 Å². The van der Waals surface area contributed by atoms with Crippen LogP contribution in [0.5, 0.6) is 23.0 Å². The molecule has 8 heteroatoms. The summed E-state index contributed by atoms with van der Waals surface area (Å²) >= 11 is 1.46. The number of hydrogen-bond acceptors (Lipinski definition) is 8. The molecular formula is C23H25NO6S. The fourth-order valence-corrected chi connectivity index (χ4v) is 3.81. The van der Waals surface area contributed by atoms with Crippen molar-refractivity contribution >= 4 is 17.3 Å². The number of hydrogen-bond donors (Lipinski definition) is 0. The van der Waals surface area contributed by atoms with Gasteiger partial charge in [0.2, 0.25) is 0 Å². The van der Waals surface area contributed by atoms with Crippen molar-refractivity contribution in [2.75, 3.05) is 27.9 Å². The highest BCUT2D eigenvalue weighted by molar-refractivity contribution is 7.13. The summed E-state index contributed by atoms with van der Waals surface area (Å²) < 4.78 is 27.0. The van der Waals surface area contributed by atoms with E-state index in [4.69, 9.17) is 23.7 Å². The number of nitrogens with zero attached hydrogens (tertiary/aromatic N) is 1. The first kappa shape index (κ1) is 22.4. The first-order chi connectivity index (χ1) is 15.0. The molecule has 31 heavy (non-hydrogen) atoms. The number of thiazole rings is 1. The van der Waals surface area contributed by atoms with Crippen molar-refractivity contribution in [1.82, 2.24) is 4.98 Å². The first-order valence-corrected chi connectivity index (χ1v) is 10.5. The molecule has 0 aliphatic rings. The van der Waals surface area contributed by atoms with E-state index in [1.54, 1.807) is 33.5 Å². The van der Waals surface area contributed by atoms with Gasteiger partial charge < -0.3 is 23.7 Å². The molecule has 0 bridgehead atoms.